The van der Waals surface area contributed by atoms with Crippen LogP contribution in [0.2, 0.25) is 0 Å². The maximum atomic E-state index is 5.08. The highest BCUT2D eigenvalue weighted by molar-refractivity contribution is 7.80. The standard InChI is InChI=1S/C7H14OS/c1-3-4-5-6-8-7(2)9/h3-6H2,1-2H3. The summed E-state index contributed by atoms with van der Waals surface area (Å²) >= 11 is 4.72. The van der Waals surface area contributed by atoms with Crippen LogP contribution in [0.25, 0.3) is 0 Å². The van der Waals surface area contributed by atoms with Crippen LogP contribution in [0.15, 0.2) is 0 Å². The third-order valence-corrected chi connectivity index (χ3v) is 1.17. The van der Waals surface area contributed by atoms with Crippen LogP contribution >= 0.6 is 12.2 Å². The maximum Gasteiger partial charge on any atom is 0.156 e. The molecule has 0 amide bonds. The zero-order valence-corrected chi connectivity index (χ0v) is 6.96. The molecule has 0 aliphatic rings. The molecule has 1 nitrogen and oxygen atoms in total. The van der Waals surface area contributed by atoms with Gasteiger partial charge in [-0.2, -0.15) is 0 Å². The first-order valence-corrected chi connectivity index (χ1v) is 3.81. The van der Waals surface area contributed by atoms with Crippen molar-refractivity contribution >= 4 is 17.3 Å². The largest absolute Gasteiger partial charge is 0.487 e. The van der Waals surface area contributed by atoms with Crippen LogP contribution in [-0.2, 0) is 4.74 Å². The van der Waals surface area contributed by atoms with Gasteiger partial charge in [-0.3, -0.25) is 0 Å². The van der Waals surface area contributed by atoms with Crippen molar-refractivity contribution in [2.75, 3.05) is 6.61 Å². The van der Waals surface area contributed by atoms with Crippen molar-refractivity contribution < 1.29 is 4.74 Å². The normalized spacial score (nSPS) is 9.11. The van der Waals surface area contributed by atoms with Gasteiger partial charge in [-0.1, -0.05) is 19.8 Å². The molecule has 0 spiro atoms. The molecule has 0 heterocycles. The molecular weight excluding hydrogens is 132 g/mol. The highest BCUT2D eigenvalue weighted by atomic mass is 32.1. The van der Waals surface area contributed by atoms with Gasteiger partial charge in [0.15, 0.2) is 5.05 Å². The van der Waals surface area contributed by atoms with Gasteiger partial charge in [-0.25, -0.2) is 0 Å². The van der Waals surface area contributed by atoms with Crippen LogP contribution < -0.4 is 0 Å². The number of thiocarbonyl (C=S) groups is 1. The molecule has 0 aromatic rings. The van der Waals surface area contributed by atoms with E-state index in [2.05, 4.69) is 6.92 Å². The Bertz CT molecular complexity index is 81.0. The Hall–Kier alpha value is -0.110. The molecule has 0 fully saturated rings. The summed E-state index contributed by atoms with van der Waals surface area (Å²) in [6.07, 6.45) is 3.60. The lowest BCUT2D eigenvalue weighted by molar-refractivity contribution is 0.299. The lowest BCUT2D eigenvalue weighted by Gasteiger charge is -2.00. The topological polar surface area (TPSA) is 9.23 Å². The molecule has 2 heteroatoms. The Morgan fingerprint density at radius 2 is 2.11 bits per heavy atom. The highest BCUT2D eigenvalue weighted by Crippen LogP contribution is 1.94. The fourth-order valence-electron chi connectivity index (χ4n) is 0.568. The monoisotopic (exact) mass is 146 g/mol. The Morgan fingerprint density at radius 3 is 2.56 bits per heavy atom. The number of unbranched alkanes of at least 4 members (excludes halogenated alkanes) is 2. The van der Waals surface area contributed by atoms with Gasteiger partial charge in [0.05, 0.1) is 6.61 Å². The second kappa shape index (κ2) is 6.02. The van der Waals surface area contributed by atoms with Gasteiger partial charge in [0.2, 0.25) is 0 Å². The fourth-order valence-corrected chi connectivity index (χ4v) is 0.651. The first kappa shape index (κ1) is 8.89. The minimum atomic E-state index is 0.658. The molecule has 0 atom stereocenters. The van der Waals surface area contributed by atoms with Crippen LogP contribution in [0.4, 0.5) is 0 Å². The quantitative estimate of drug-likeness (QED) is 0.445. The predicted molar refractivity (Wildman–Crippen MR) is 43.7 cm³/mol. The summed E-state index contributed by atoms with van der Waals surface area (Å²) in [7, 11) is 0. The molecule has 0 bridgehead atoms. The van der Waals surface area contributed by atoms with Crippen LogP contribution in [-0.4, -0.2) is 11.7 Å². The van der Waals surface area contributed by atoms with Gasteiger partial charge in [0.1, 0.15) is 0 Å². The molecule has 0 aliphatic carbocycles. The van der Waals surface area contributed by atoms with E-state index in [1.54, 1.807) is 6.92 Å². The zero-order valence-electron chi connectivity index (χ0n) is 6.14. The van der Waals surface area contributed by atoms with Crippen LogP contribution in [0.5, 0.6) is 0 Å². The van der Waals surface area contributed by atoms with E-state index in [1.807, 2.05) is 0 Å². The summed E-state index contributed by atoms with van der Waals surface area (Å²) in [4.78, 5) is 0. The molecule has 0 N–H and O–H groups in total. The average molecular weight is 146 g/mol. The van der Waals surface area contributed by atoms with Crippen molar-refractivity contribution in [3.05, 3.63) is 0 Å². The minimum absolute atomic E-state index is 0.658. The van der Waals surface area contributed by atoms with Crippen molar-refractivity contribution in [3.63, 3.8) is 0 Å². The summed E-state index contributed by atoms with van der Waals surface area (Å²) in [5, 5.41) is 0.658. The summed E-state index contributed by atoms with van der Waals surface area (Å²) in [6, 6.07) is 0. The second-order valence-corrected chi connectivity index (χ2v) is 2.62. The van der Waals surface area contributed by atoms with E-state index < -0.39 is 0 Å². The average Bonchev–Trinajstić information content (AvgIpc) is 1.80. The van der Waals surface area contributed by atoms with Gasteiger partial charge in [-0.05, 0) is 18.6 Å². The molecule has 0 aliphatic heterocycles. The molecule has 0 radical (unpaired) electrons. The van der Waals surface area contributed by atoms with Gasteiger partial charge in [0, 0.05) is 6.92 Å². The summed E-state index contributed by atoms with van der Waals surface area (Å²) in [5.41, 5.74) is 0. The van der Waals surface area contributed by atoms with Crippen molar-refractivity contribution in [2.24, 2.45) is 0 Å². The van der Waals surface area contributed by atoms with Gasteiger partial charge < -0.3 is 4.74 Å². The molecule has 9 heavy (non-hydrogen) atoms. The van der Waals surface area contributed by atoms with Crippen molar-refractivity contribution in [1.29, 1.82) is 0 Å². The minimum Gasteiger partial charge on any atom is -0.487 e. The first-order chi connectivity index (χ1) is 4.27. The summed E-state index contributed by atoms with van der Waals surface area (Å²) < 4.78 is 5.08. The molecule has 0 rings (SSSR count). The molecule has 0 saturated carbocycles. The Balaban J connectivity index is 2.83. The van der Waals surface area contributed by atoms with Crippen LogP contribution in [0.1, 0.15) is 33.1 Å². The second-order valence-electron chi connectivity index (χ2n) is 2.05. The van der Waals surface area contributed by atoms with Gasteiger partial charge in [-0.15, -0.1) is 0 Å². The smallest absolute Gasteiger partial charge is 0.156 e. The molecule has 0 aromatic heterocycles. The van der Waals surface area contributed by atoms with E-state index in [0.29, 0.717) is 5.05 Å². The van der Waals surface area contributed by atoms with E-state index in [9.17, 15) is 0 Å². The number of hydrogen-bond donors (Lipinski definition) is 0. The summed E-state index contributed by atoms with van der Waals surface area (Å²) in [6.45, 7) is 4.77. The number of ether oxygens (including phenoxy) is 1. The molecule has 0 unspecified atom stereocenters. The van der Waals surface area contributed by atoms with Crippen LogP contribution in [0, 0.1) is 0 Å². The van der Waals surface area contributed by atoms with Crippen molar-refractivity contribution in [1.82, 2.24) is 0 Å². The third kappa shape index (κ3) is 7.89. The zero-order chi connectivity index (χ0) is 7.11. The Labute approximate surface area is 62.4 Å². The fraction of sp³-hybridized carbons (Fsp3) is 0.857. The first-order valence-electron chi connectivity index (χ1n) is 3.40. The van der Waals surface area contributed by atoms with E-state index in [1.165, 1.54) is 12.8 Å². The van der Waals surface area contributed by atoms with Crippen molar-refractivity contribution in [3.8, 4) is 0 Å². The van der Waals surface area contributed by atoms with Gasteiger partial charge in [0.25, 0.3) is 0 Å². The number of hydrogen-bond acceptors (Lipinski definition) is 2. The highest BCUT2D eigenvalue weighted by Gasteiger charge is 1.86. The van der Waals surface area contributed by atoms with E-state index in [4.69, 9.17) is 17.0 Å². The SMILES string of the molecule is CCCCCOC(C)=S. The van der Waals surface area contributed by atoms with Crippen LogP contribution in [0.3, 0.4) is 0 Å². The molecule has 0 aromatic carbocycles. The molecule has 0 saturated heterocycles. The van der Waals surface area contributed by atoms with E-state index in [0.717, 1.165) is 13.0 Å². The lowest BCUT2D eigenvalue weighted by Crippen LogP contribution is -1.97. The van der Waals surface area contributed by atoms with E-state index >= 15 is 0 Å². The molecular formula is C7H14OS. The van der Waals surface area contributed by atoms with Crippen molar-refractivity contribution in [2.45, 2.75) is 33.1 Å². The summed E-state index contributed by atoms with van der Waals surface area (Å²) in [5.74, 6) is 0. The molecule has 54 valence electrons. The maximum absolute atomic E-state index is 5.08. The predicted octanol–water partition coefficient (Wildman–Crippen LogP) is 2.54. The Kier molecular flexibility index (Phi) is 5.94. The third-order valence-electron chi connectivity index (χ3n) is 1.05. The lowest BCUT2D eigenvalue weighted by atomic mass is 10.3. The van der Waals surface area contributed by atoms with Gasteiger partial charge >= 0.3 is 0 Å². The Morgan fingerprint density at radius 1 is 1.44 bits per heavy atom. The number of rotatable bonds is 4. The van der Waals surface area contributed by atoms with E-state index in [-0.39, 0.29) is 0 Å².